The molecule has 0 aliphatic carbocycles. The summed E-state index contributed by atoms with van der Waals surface area (Å²) in [6.45, 7) is 15.2. The van der Waals surface area contributed by atoms with E-state index in [1.54, 1.807) is 6.08 Å². The van der Waals surface area contributed by atoms with E-state index in [-0.39, 0.29) is 6.10 Å². The molecule has 0 saturated carbocycles. The van der Waals surface area contributed by atoms with E-state index in [0.29, 0.717) is 24.7 Å². The maximum Gasteiger partial charge on any atom is 0.160 e. The van der Waals surface area contributed by atoms with Gasteiger partial charge in [-0.25, -0.2) is 0 Å². The lowest BCUT2D eigenvalue weighted by atomic mass is 10.3. The topological polar surface area (TPSA) is 39.7 Å². The summed E-state index contributed by atoms with van der Waals surface area (Å²) in [5.41, 5.74) is 0. The van der Waals surface area contributed by atoms with Crippen molar-refractivity contribution in [1.82, 2.24) is 5.32 Å². The van der Waals surface area contributed by atoms with Crippen molar-refractivity contribution in [1.29, 1.82) is 0 Å². The molecule has 1 aliphatic heterocycles. The highest BCUT2D eigenvalue weighted by Crippen LogP contribution is 2.12. The molecule has 0 aromatic carbocycles. The van der Waals surface area contributed by atoms with Crippen LogP contribution in [-0.4, -0.2) is 39.0 Å². The normalized spacial score (nSPS) is 19.7. The molecule has 116 valence electrons. The molecule has 0 radical (unpaired) electrons. The summed E-state index contributed by atoms with van der Waals surface area (Å²) in [5, 5.41) is 3.26. The van der Waals surface area contributed by atoms with Crippen LogP contribution in [0.2, 0.25) is 0 Å². The Morgan fingerprint density at radius 2 is 2.10 bits per heavy atom. The minimum Gasteiger partial charge on any atom is -0.490 e. The molecule has 0 spiro atoms. The van der Waals surface area contributed by atoms with E-state index in [2.05, 4.69) is 11.9 Å². The van der Waals surface area contributed by atoms with Crippen molar-refractivity contribution in [3.63, 3.8) is 0 Å². The first kappa shape index (κ1) is 18.7. The molecule has 4 heteroatoms. The lowest BCUT2D eigenvalue weighted by molar-refractivity contribution is -0.0156. The molecule has 1 unspecified atom stereocenters. The van der Waals surface area contributed by atoms with Crippen LogP contribution in [0.1, 0.15) is 27.7 Å². The zero-order valence-electron chi connectivity index (χ0n) is 13.3. The summed E-state index contributed by atoms with van der Waals surface area (Å²) in [5.74, 6) is 1.36. The Hall–Kier alpha value is -1.26. The quantitative estimate of drug-likeness (QED) is 0.576. The van der Waals surface area contributed by atoms with Crippen LogP contribution >= 0.6 is 0 Å². The van der Waals surface area contributed by atoms with Gasteiger partial charge in [-0.2, -0.15) is 0 Å². The van der Waals surface area contributed by atoms with Gasteiger partial charge in [0.2, 0.25) is 0 Å². The van der Waals surface area contributed by atoms with Gasteiger partial charge in [0.15, 0.2) is 11.5 Å². The molecule has 1 N–H and O–H groups in total. The Morgan fingerprint density at radius 3 is 2.60 bits per heavy atom. The second-order valence-electron chi connectivity index (χ2n) is 3.87. The zero-order chi connectivity index (χ0) is 15.2. The van der Waals surface area contributed by atoms with Crippen molar-refractivity contribution in [3.05, 3.63) is 36.3 Å². The molecule has 1 rings (SSSR count). The van der Waals surface area contributed by atoms with Crippen LogP contribution in [0, 0.1) is 0 Å². The van der Waals surface area contributed by atoms with Gasteiger partial charge >= 0.3 is 0 Å². The van der Waals surface area contributed by atoms with E-state index in [1.807, 2.05) is 39.8 Å². The third kappa shape index (κ3) is 7.36. The van der Waals surface area contributed by atoms with Crippen LogP contribution in [0.3, 0.4) is 0 Å². The molecule has 1 heterocycles. The first-order chi connectivity index (χ1) is 9.81. The molecule has 1 aliphatic rings. The molecule has 0 amide bonds. The molecular weight excluding hydrogens is 254 g/mol. The zero-order valence-corrected chi connectivity index (χ0v) is 13.3. The van der Waals surface area contributed by atoms with E-state index < -0.39 is 0 Å². The third-order valence-corrected chi connectivity index (χ3v) is 2.48. The van der Waals surface area contributed by atoms with Gasteiger partial charge in [-0.3, -0.25) is 0 Å². The molecule has 0 aromatic heterocycles. The van der Waals surface area contributed by atoms with Crippen LogP contribution in [0.25, 0.3) is 0 Å². The Kier molecular flexibility index (Phi) is 12.0. The van der Waals surface area contributed by atoms with E-state index in [9.17, 15) is 0 Å². The van der Waals surface area contributed by atoms with Crippen LogP contribution in [0.4, 0.5) is 0 Å². The summed E-state index contributed by atoms with van der Waals surface area (Å²) in [7, 11) is 0. The SMILES string of the molecule is C=C/C(OCC1CNCCO1)=C(\C=C/C)OCC.CC. The van der Waals surface area contributed by atoms with Gasteiger partial charge in [-0.05, 0) is 26.0 Å². The fourth-order valence-corrected chi connectivity index (χ4v) is 1.65. The maximum atomic E-state index is 5.72. The molecule has 1 saturated heterocycles. The van der Waals surface area contributed by atoms with Crippen molar-refractivity contribution in [2.75, 3.05) is 32.9 Å². The molecule has 0 aromatic rings. The average molecular weight is 283 g/mol. The van der Waals surface area contributed by atoms with Gasteiger partial charge < -0.3 is 19.5 Å². The number of ether oxygens (including phenoxy) is 3. The molecule has 4 nitrogen and oxygen atoms in total. The number of rotatable bonds is 7. The van der Waals surface area contributed by atoms with Crippen LogP contribution in [0.5, 0.6) is 0 Å². The molecule has 1 fully saturated rings. The van der Waals surface area contributed by atoms with Crippen molar-refractivity contribution >= 4 is 0 Å². The summed E-state index contributed by atoms with van der Waals surface area (Å²) in [6, 6.07) is 0. The predicted octanol–water partition coefficient (Wildman–Crippen LogP) is 3.03. The second-order valence-corrected chi connectivity index (χ2v) is 3.87. The fourth-order valence-electron chi connectivity index (χ4n) is 1.65. The smallest absolute Gasteiger partial charge is 0.160 e. The second kappa shape index (κ2) is 12.8. The van der Waals surface area contributed by atoms with Gasteiger partial charge in [0.05, 0.1) is 13.2 Å². The van der Waals surface area contributed by atoms with Gasteiger partial charge in [0, 0.05) is 13.1 Å². The maximum absolute atomic E-state index is 5.72. The van der Waals surface area contributed by atoms with Crippen molar-refractivity contribution in [3.8, 4) is 0 Å². The van der Waals surface area contributed by atoms with Crippen molar-refractivity contribution in [2.45, 2.75) is 33.8 Å². The van der Waals surface area contributed by atoms with Crippen molar-refractivity contribution < 1.29 is 14.2 Å². The summed E-state index contributed by atoms with van der Waals surface area (Å²) < 4.78 is 16.8. The highest BCUT2D eigenvalue weighted by atomic mass is 16.5. The molecule has 0 bridgehead atoms. The minimum atomic E-state index is 0.0854. The summed E-state index contributed by atoms with van der Waals surface area (Å²) in [6.07, 6.45) is 5.54. The van der Waals surface area contributed by atoms with E-state index in [4.69, 9.17) is 14.2 Å². The number of hydrogen-bond donors (Lipinski definition) is 1. The fraction of sp³-hybridized carbons (Fsp3) is 0.625. The lowest BCUT2D eigenvalue weighted by Crippen LogP contribution is -2.40. The summed E-state index contributed by atoms with van der Waals surface area (Å²) in [4.78, 5) is 0. The van der Waals surface area contributed by atoms with E-state index in [1.165, 1.54) is 0 Å². The standard InChI is InChI=1S/C14H23NO3.C2H6/c1-4-7-14(16-6-3)13(5-2)18-11-12-10-15-8-9-17-12;1-2/h4-5,7,12,15H,2,6,8-11H2,1,3H3;1-2H3/b7-4-,14-13-;. The van der Waals surface area contributed by atoms with Crippen LogP contribution < -0.4 is 5.32 Å². The minimum absolute atomic E-state index is 0.0854. The van der Waals surface area contributed by atoms with Gasteiger partial charge in [-0.1, -0.05) is 26.5 Å². The van der Waals surface area contributed by atoms with E-state index in [0.717, 1.165) is 19.7 Å². The monoisotopic (exact) mass is 283 g/mol. The first-order valence-electron chi connectivity index (χ1n) is 7.39. The predicted molar refractivity (Wildman–Crippen MR) is 83.6 cm³/mol. The Labute approximate surface area is 123 Å². The van der Waals surface area contributed by atoms with E-state index >= 15 is 0 Å². The lowest BCUT2D eigenvalue weighted by Gasteiger charge is -2.24. The Bertz CT molecular complexity index is 305. The highest BCUT2D eigenvalue weighted by Gasteiger charge is 2.15. The van der Waals surface area contributed by atoms with Crippen LogP contribution in [-0.2, 0) is 14.2 Å². The first-order valence-corrected chi connectivity index (χ1v) is 7.39. The molecule has 20 heavy (non-hydrogen) atoms. The third-order valence-electron chi connectivity index (χ3n) is 2.48. The van der Waals surface area contributed by atoms with Crippen molar-refractivity contribution in [2.24, 2.45) is 0 Å². The number of allylic oxidation sites excluding steroid dienone is 3. The van der Waals surface area contributed by atoms with Gasteiger partial charge in [0.25, 0.3) is 0 Å². The summed E-state index contributed by atoms with van der Waals surface area (Å²) >= 11 is 0. The average Bonchev–Trinajstić information content (AvgIpc) is 2.51. The Balaban J connectivity index is 0.00000172. The van der Waals surface area contributed by atoms with Crippen LogP contribution in [0.15, 0.2) is 36.3 Å². The molecule has 1 atom stereocenters. The highest BCUT2D eigenvalue weighted by molar-refractivity contribution is 5.23. The number of morpholine rings is 1. The largest absolute Gasteiger partial charge is 0.490 e. The Morgan fingerprint density at radius 1 is 1.35 bits per heavy atom. The van der Waals surface area contributed by atoms with Gasteiger partial charge in [0.1, 0.15) is 12.7 Å². The number of hydrogen-bond acceptors (Lipinski definition) is 4. The molecular formula is C16H29NO3. The van der Waals surface area contributed by atoms with Gasteiger partial charge in [-0.15, -0.1) is 0 Å². The number of nitrogens with one attached hydrogen (secondary N) is 1.